The highest BCUT2D eigenvalue weighted by molar-refractivity contribution is 14.0. The van der Waals surface area contributed by atoms with Crippen LogP contribution < -0.4 is 20.5 Å². The summed E-state index contributed by atoms with van der Waals surface area (Å²) in [5.41, 5.74) is 7.25. The van der Waals surface area contributed by atoms with Crippen molar-refractivity contribution in [1.82, 2.24) is 0 Å². The second-order valence-electron chi connectivity index (χ2n) is 4.99. The molecule has 0 aliphatic heterocycles. The number of nitrogens with one attached hydrogen (secondary N) is 1. The maximum Gasteiger partial charge on any atom is 0.193 e. The van der Waals surface area contributed by atoms with Crippen molar-refractivity contribution in [3.8, 4) is 11.5 Å². The van der Waals surface area contributed by atoms with Crippen molar-refractivity contribution < 1.29 is 14.6 Å². The monoisotopic (exact) mass is 477 g/mol. The molecule has 0 aromatic heterocycles. The highest BCUT2D eigenvalue weighted by Gasteiger charge is 2.08. The Morgan fingerprint density at radius 3 is 2.44 bits per heavy atom. The molecule has 0 radical (unpaired) electrons. The number of halogens is 2. The Kier molecular flexibility index (Phi) is 8.81. The molecule has 8 heteroatoms. The van der Waals surface area contributed by atoms with E-state index >= 15 is 0 Å². The summed E-state index contributed by atoms with van der Waals surface area (Å²) in [5, 5.41) is 13.5. The third kappa shape index (κ3) is 6.26. The Bertz CT molecular complexity index is 711. The van der Waals surface area contributed by atoms with Gasteiger partial charge in [-0.15, -0.1) is 24.0 Å². The van der Waals surface area contributed by atoms with E-state index in [1.165, 1.54) is 0 Å². The van der Waals surface area contributed by atoms with Crippen molar-refractivity contribution in [2.75, 3.05) is 26.1 Å². The van der Waals surface area contributed by atoms with Gasteiger partial charge in [-0.05, 0) is 35.9 Å². The van der Waals surface area contributed by atoms with Crippen LogP contribution in [0.3, 0.4) is 0 Å². The number of nitrogens with zero attached hydrogens (tertiary/aromatic N) is 1. The third-order valence-electron chi connectivity index (χ3n) is 3.36. The van der Waals surface area contributed by atoms with Crippen LogP contribution in [0.5, 0.6) is 11.5 Å². The van der Waals surface area contributed by atoms with Crippen molar-refractivity contribution in [2.24, 2.45) is 10.7 Å². The van der Waals surface area contributed by atoms with Gasteiger partial charge in [0, 0.05) is 5.69 Å². The van der Waals surface area contributed by atoms with E-state index in [0.29, 0.717) is 16.5 Å². The fourth-order valence-corrected chi connectivity index (χ4v) is 2.31. The van der Waals surface area contributed by atoms with Gasteiger partial charge in [0.25, 0.3) is 0 Å². The lowest BCUT2D eigenvalue weighted by Gasteiger charge is -2.11. The zero-order valence-corrected chi connectivity index (χ0v) is 17.0. The maximum atomic E-state index is 10.1. The quantitative estimate of drug-likeness (QED) is 0.337. The van der Waals surface area contributed by atoms with Crippen LogP contribution >= 0.6 is 35.6 Å². The molecule has 0 saturated carbocycles. The predicted octanol–water partition coefficient (Wildman–Crippen LogP) is 3.44. The molecule has 2 aromatic carbocycles. The van der Waals surface area contributed by atoms with Gasteiger partial charge in [-0.2, -0.15) is 0 Å². The number of aliphatic hydroxyl groups excluding tert-OH is 1. The van der Waals surface area contributed by atoms with Gasteiger partial charge >= 0.3 is 0 Å². The number of aliphatic imine (C=N–C) groups is 1. The van der Waals surface area contributed by atoms with Crippen molar-refractivity contribution in [3.05, 3.63) is 53.1 Å². The molecule has 0 heterocycles. The smallest absolute Gasteiger partial charge is 0.193 e. The van der Waals surface area contributed by atoms with Crippen LogP contribution in [0, 0.1) is 0 Å². The molecule has 0 spiro atoms. The number of rotatable bonds is 6. The Hall–Kier alpha value is -1.71. The summed E-state index contributed by atoms with van der Waals surface area (Å²) >= 11 is 6.05. The predicted molar refractivity (Wildman–Crippen MR) is 111 cm³/mol. The Balaban J connectivity index is 0.00000312. The van der Waals surface area contributed by atoms with E-state index in [9.17, 15) is 5.11 Å². The van der Waals surface area contributed by atoms with E-state index in [1.807, 2.05) is 0 Å². The lowest BCUT2D eigenvalue weighted by molar-refractivity contribution is 0.187. The summed E-state index contributed by atoms with van der Waals surface area (Å²) in [6.07, 6.45) is -0.754. The van der Waals surface area contributed by atoms with E-state index in [-0.39, 0.29) is 36.5 Å². The molecule has 0 saturated heterocycles. The number of nitrogens with two attached hydrogens (primary N) is 1. The lowest BCUT2D eigenvalue weighted by Crippen LogP contribution is -2.23. The molecule has 4 N–H and O–H groups in total. The van der Waals surface area contributed by atoms with Gasteiger partial charge in [0.05, 0.1) is 31.9 Å². The molecule has 0 aliphatic rings. The molecule has 136 valence electrons. The fourth-order valence-electron chi connectivity index (χ4n) is 2.05. The van der Waals surface area contributed by atoms with Gasteiger partial charge < -0.3 is 25.6 Å². The highest BCUT2D eigenvalue weighted by Crippen LogP contribution is 2.27. The first-order valence-corrected chi connectivity index (χ1v) is 7.63. The number of benzene rings is 2. The summed E-state index contributed by atoms with van der Waals surface area (Å²) < 4.78 is 10.2. The number of ether oxygens (including phenoxy) is 2. The number of aliphatic hydroxyl groups is 1. The molecule has 1 unspecified atom stereocenters. The van der Waals surface area contributed by atoms with Crippen LogP contribution in [0.4, 0.5) is 5.69 Å². The summed E-state index contributed by atoms with van der Waals surface area (Å²) in [5.74, 6) is 1.49. The van der Waals surface area contributed by atoms with Gasteiger partial charge in [0.1, 0.15) is 11.5 Å². The largest absolute Gasteiger partial charge is 0.497 e. The fraction of sp³-hybridized carbons (Fsp3) is 0.235. The van der Waals surface area contributed by atoms with Crippen LogP contribution in [0.1, 0.15) is 11.7 Å². The summed E-state index contributed by atoms with van der Waals surface area (Å²) in [6, 6.07) is 12.3. The first kappa shape index (κ1) is 21.3. The van der Waals surface area contributed by atoms with Crippen LogP contribution in [0.15, 0.2) is 47.5 Å². The van der Waals surface area contributed by atoms with Crippen molar-refractivity contribution >= 4 is 47.2 Å². The molecule has 2 aromatic rings. The highest BCUT2D eigenvalue weighted by atomic mass is 127. The molecule has 0 aliphatic carbocycles. The zero-order chi connectivity index (χ0) is 17.5. The minimum atomic E-state index is -0.754. The molecule has 2 rings (SSSR count). The van der Waals surface area contributed by atoms with Crippen LogP contribution in [0.2, 0.25) is 5.02 Å². The lowest BCUT2D eigenvalue weighted by atomic mass is 10.1. The molecule has 1 atom stereocenters. The maximum absolute atomic E-state index is 10.1. The minimum Gasteiger partial charge on any atom is -0.497 e. The number of anilines is 1. The molecular formula is C17H21ClIN3O3. The Morgan fingerprint density at radius 1 is 1.20 bits per heavy atom. The second-order valence-corrected chi connectivity index (χ2v) is 5.40. The van der Waals surface area contributed by atoms with Crippen molar-refractivity contribution in [3.63, 3.8) is 0 Å². The van der Waals surface area contributed by atoms with Crippen LogP contribution in [-0.4, -0.2) is 31.8 Å². The number of methoxy groups -OCH3 is 2. The first-order valence-electron chi connectivity index (χ1n) is 7.26. The first-order chi connectivity index (χ1) is 11.5. The standard InChI is InChI=1S/C17H20ClN3O3.HI/c1-23-13-6-3-11(4-7-13)15(22)10-20-17(19)21-12-5-8-16(24-2)14(18)9-12;/h3-9,15,22H,10H2,1-2H3,(H3,19,20,21);1H. The molecule has 0 fully saturated rings. The number of guanidine groups is 1. The van der Waals surface area contributed by atoms with E-state index in [1.54, 1.807) is 56.7 Å². The van der Waals surface area contributed by atoms with E-state index < -0.39 is 6.10 Å². The normalized spacial score (nSPS) is 12.1. The summed E-state index contributed by atoms with van der Waals surface area (Å²) in [4.78, 5) is 4.14. The average Bonchev–Trinajstić information content (AvgIpc) is 2.60. The third-order valence-corrected chi connectivity index (χ3v) is 3.65. The van der Waals surface area contributed by atoms with E-state index in [4.69, 9.17) is 26.8 Å². The van der Waals surface area contributed by atoms with Crippen molar-refractivity contribution in [1.29, 1.82) is 0 Å². The second kappa shape index (κ2) is 10.3. The molecule has 25 heavy (non-hydrogen) atoms. The summed E-state index contributed by atoms with van der Waals surface area (Å²) in [7, 11) is 3.14. The Morgan fingerprint density at radius 2 is 1.88 bits per heavy atom. The van der Waals surface area contributed by atoms with Crippen molar-refractivity contribution in [2.45, 2.75) is 6.10 Å². The zero-order valence-electron chi connectivity index (χ0n) is 13.9. The van der Waals surface area contributed by atoms with Gasteiger partial charge in [0.2, 0.25) is 0 Å². The van der Waals surface area contributed by atoms with Gasteiger partial charge in [0.15, 0.2) is 5.96 Å². The van der Waals surface area contributed by atoms with E-state index in [2.05, 4.69) is 10.3 Å². The Labute approximate surface area is 169 Å². The average molecular weight is 478 g/mol. The summed E-state index contributed by atoms with van der Waals surface area (Å²) in [6.45, 7) is 0.134. The molecule has 6 nitrogen and oxygen atoms in total. The van der Waals surface area contributed by atoms with E-state index in [0.717, 1.165) is 11.3 Å². The molecule has 0 amide bonds. The van der Waals surface area contributed by atoms with Crippen LogP contribution in [-0.2, 0) is 0 Å². The van der Waals surface area contributed by atoms with Gasteiger partial charge in [-0.25, -0.2) is 0 Å². The van der Waals surface area contributed by atoms with Gasteiger partial charge in [-0.1, -0.05) is 23.7 Å². The molecule has 0 bridgehead atoms. The number of hydrogen-bond donors (Lipinski definition) is 3. The minimum absolute atomic E-state index is 0. The number of hydrogen-bond acceptors (Lipinski definition) is 4. The van der Waals surface area contributed by atoms with Crippen LogP contribution in [0.25, 0.3) is 0 Å². The molecular weight excluding hydrogens is 457 g/mol. The van der Waals surface area contributed by atoms with Gasteiger partial charge in [-0.3, -0.25) is 4.99 Å². The topological polar surface area (TPSA) is 89.1 Å². The SMILES string of the molecule is COc1ccc(C(O)CN=C(N)Nc2ccc(OC)c(Cl)c2)cc1.I.